The van der Waals surface area contributed by atoms with Crippen LogP contribution in [0.25, 0.3) is 27.8 Å². The predicted octanol–water partition coefficient (Wildman–Crippen LogP) is 3.89. The highest BCUT2D eigenvalue weighted by Crippen LogP contribution is 2.32. The summed E-state index contributed by atoms with van der Waals surface area (Å²) in [7, 11) is 0. The van der Waals surface area contributed by atoms with Crippen LogP contribution in [0.15, 0.2) is 42.5 Å². The second-order valence-electron chi connectivity index (χ2n) is 5.55. The van der Waals surface area contributed by atoms with E-state index in [-0.39, 0.29) is 0 Å². The van der Waals surface area contributed by atoms with Crippen LogP contribution in [-0.2, 0) is 0 Å². The molecule has 0 fully saturated rings. The maximum Gasteiger partial charge on any atom is 0.238 e. The van der Waals surface area contributed by atoms with Crippen molar-refractivity contribution in [1.29, 1.82) is 0 Å². The zero-order valence-corrected chi connectivity index (χ0v) is 12.8. The summed E-state index contributed by atoms with van der Waals surface area (Å²) in [5, 5.41) is 2.49. The molecule has 0 N–H and O–H groups in total. The van der Waals surface area contributed by atoms with E-state index in [4.69, 9.17) is 0 Å². The number of nitrogens with zero attached hydrogens (tertiary/aromatic N) is 4. The fourth-order valence-corrected chi connectivity index (χ4v) is 3.11. The molecule has 4 nitrogen and oxygen atoms in total. The number of aryl methyl sites for hydroxylation is 3. The average molecular weight is 288 g/mol. The van der Waals surface area contributed by atoms with Gasteiger partial charge in [-0.3, -0.25) is 4.57 Å². The first-order valence-corrected chi connectivity index (χ1v) is 7.33. The van der Waals surface area contributed by atoms with Crippen LogP contribution in [0.1, 0.15) is 17.2 Å². The lowest BCUT2D eigenvalue weighted by Gasteiger charge is -2.07. The van der Waals surface area contributed by atoms with Crippen molar-refractivity contribution < 1.29 is 0 Å². The molecule has 2 heterocycles. The van der Waals surface area contributed by atoms with Crippen molar-refractivity contribution in [2.75, 3.05) is 0 Å². The third-order valence-corrected chi connectivity index (χ3v) is 3.95. The Bertz CT molecular complexity index is 994. The lowest BCUT2D eigenvalue weighted by Crippen LogP contribution is -2.05. The van der Waals surface area contributed by atoms with Crippen LogP contribution < -0.4 is 0 Å². The highest BCUT2D eigenvalue weighted by molar-refractivity contribution is 6.10. The maximum atomic E-state index is 4.55. The summed E-state index contributed by atoms with van der Waals surface area (Å²) < 4.78 is 2.12. The molecule has 4 aromatic rings. The Balaban J connectivity index is 2.22. The van der Waals surface area contributed by atoms with E-state index in [1.165, 1.54) is 16.3 Å². The van der Waals surface area contributed by atoms with Gasteiger partial charge in [0.15, 0.2) is 0 Å². The summed E-state index contributed by atoms with van der Waals surface area (Å²) in [6, 6.07) is 14.7. The number of hydrogen-bond donors (Lipinski definition) is 0. The molecule has 4 heteroatoms. The Hall–Kier alpha value is -2.75. The van der Waals surface area contributed by atoms with E-state index in [9.17, 15) is 0 Å². The molecule has 2 aromatic heterocycles. The molecular weight excluding hydrogens is 272 g/mol. The predicted molar refractivity (Wildman–Crippen MR) is 88.4 cm³/mol. The average Bonchev–Trinajstić information content (AvgIpc) is 2.81. The van der Waals surface area contributed by atoms with Gasteiger partial charge in [-0.05, 0) is 38.5 Å². The van der Waals surface area contributed by atoms with Crippen LogP contribution >= 0.6 is 0 Å². The number of aromatic nitrogens is 4. The molecule has 0 aliphatic carbocycles. The van der Waals surface area contributed by atoms with Crippen molar-refractivity contribution in [3.05, 3.63) is 59.7 Å². The Morgan fingerprint density at radius 1 is 0.727 bits per heavy atom. The second kappa shape index (κ2) is 4.63. The molecule has 0 atom stereocenters. The van der Waals surface area contributed by atoms with Crippen LogP contribution in [0.5, 0.6) is 0 Å². The Morgan fingerprint density at radius 2 is 1.41 bits per heavy atom. The van der Waals surface area contributed by atoms with E-state index in [1.54, 1.807) is 0 Å². The minimum Gasteiger partial charge on any atom is -0.278 e. The number of fused-ring (bicyclic) bond motifs is 3. The Kier molecular flexibility index (Phi) is 2.73. The Morgan fingerprint density at radius 3 is 2.18 bits per heavy atom. The summed E-state index contributed by atoms with van der Waals surface area (Å²) in [6.45, 7) is 5.94. The quantitative estimate of drug-likeness (QED) is 0.533. The third-order valence-electron chi connectivity index (χ3n) is 3.95. The zero-order chi connectivity index (χ0) is 15.3. The molecule has 22 heavy (non-hydrogen) atoms. The van der Waals surface area contributed by atoms with E-state index in [0.29, 0.717) is 5.95 Å². The Labute approximate surface area is 128 Å². The van der Waals surface area contributed by atoms with Crippen molar-refractivity contribution in [3.63, 3.8) is 0 Å². The van der Waals surface area contributed by atoms with E-state index in [1.807, 2.05) is 19.9 Å². The number of rotatable bonds is 1. The smallest absolute Gasteiger partial charge is 0.238 e. The summed E-state index contributed by atoms with van der Waals surface area (Å²) in [5.41, 5.74) is 3.51. The molecule has 0 aliphatic rings. The van der Waals surface area contributed by atoms with Crippen LogP contribution in [0.2, 0.25) is 0 Å². The summed E-state index contributed by atoms with van der Waals surface area (Å²) in [5.74, 6) is 2.16. The fraction of sp³-hybridized carbons (Fsp3) is 0.167. The van der Waals surface area contributed by atoms with E-state index < -0.39 is 0 Å². The van der Waals surface area contributed by atoms with Crippen LogP contribution in [-0.4, -0.2) is 19.5 Å². The SMILES string of the molecule is Cc1nc(C)nc(-n2c3ccccc3c3c(C)cccc32)n1. The lowest BCUT2D eigenvalue weighted by molar-refractivity contribution is 0.864. The highest BCUT2D eigenvalue weighted by atomic mass is 15.2. The molecule has 2 aromatic carbocycles. The molecule has 0 aliphatic heterocycles. The first-order chi connectivity index (χ1) is 10.6. The van der Waals surface area contributed by atoms with Crippen molar-refractivity contribution >= 4 is 21.8 Å². The maximum absolute atomic E-state index is 4.55. The molecule has 4 rings (SSSR count). The van der Waals surface area contributed by atoms with Crippen molar-refractivity contribution in [2.45, 2.75) is 20.8 Å². The minimum atomic E-state index is 0.682. The summed E-state index contributed by atoms with van der Waals surface area (Å²) >= 11 is 0. The zero-order valence-electron chi connectivity index (χ0n) is 12.8. The molecule has 0 bridgehead atoms. The molecule has 0 saturated carbocycles. The molecule has 0 spiro atoms. The molecular formula is C18H16N4. The van der Waals surface area contributed by atoms with Gasteiger partial charge < -0.3 is 0 Å². The third kappa shape index (κ3) is 1.80. The molecule has 0 saturated heterocycles. The topological polar surface area (TPSA) is 43.6 Å². The molecule has 0 unspecified atom stereocenters. The summed E-state index contributed by atoms with van der Waals surface area (Å²) in [6.07, 6.45) is 0. The van der Waals surface area contributed by atoms with E-state index >= 15 is 0 Å². The minimum absolute atomic E-state index is 0.682. The number of hydrogen-bond acceptors (Lipinski definition) is 3. The van der Waals surface area contributed by atoms with Crippen molar-refractivity contribution in [1.82, 2.24) is 19.5 Å². The molecule has 108 valence electrons. The lowest BCUT2D eigenvalue weighted by atomic mass is 10.1. The second-order valence-corrected chi connectivity index (χ2v) is 5.55. The molecule has 0 amide bonds. The van der Waals surface area contributed by atoms with Gasteiger partial charge in [-0.15, -0.1) is 0 Å². The van der Waals surface area contributed by atoms with Gasteiger partial charge in [-0.1, -0.05) is 30.3 Å². The normalized spacial score (nSPS) is 11.4. The van der Waals surface area contributed by atoms with Crippen molar-refractivity contribution in [3.8, 4) is 5.95 Å². The highest BCUT2D eigenvalue weighted by Gasteiger charge is 2.15. The van der Waals surface area contributed by atoms with Gasteiger partial charge in [0.2, 0.25) is 5.95 Å². The van der Waals surface area contributed by atoms with Crippen LogP contribution in [0, 0.1) is 20.8 Å². The largest absolute Gasteiger partial charge is 0.278 e. The monoisotopic (exact) mass is 288 g/mol. The number of benzene rings is 2. The molecule has 0 radical (unpaired) electrons. The first-order valence-electron chi connectivity index (χ1n) is 7.33. The van der Waals surface area contributed by atoms with Crippen LogP contribution in [0.3, 0.4) is 0 Å². The van der Waals surface area contributed by atoms with Gasteiger partial charge in [-0.2, -0.15) is 9.97 Å². The van der Waals surface area contributed by atoms with Gasteiger partial charge in [0.25, 0.3) is 0 Å². The van der Waals surface area contributed by atoms with E-state index in [2.05, 4.69) is 62.8 Å². The standard InChI is InChI=1S/C18H16N4/c1-11-7-6-10-16-17(11)14-8-4-5-9-15(14)22(16)18-20-12(2)19-13(3)21-18/h4-10H,1-3H3. The van der Waals surface area contributed by atoms with Gasteiger partial charge in [0.1, 0.15) is 11.6 Å². The fourth-order valence-electron chi connectivity index (χ4n) is 3.11. The number of para-hydroxylation sites is 1. The van der Waals surface area contributed by atoms with Gasteiger partial charge in [0, 0.05) is 10.8 Å². The van der Waals surface area contributed by atoms with Gasteiger partial charge >= 0.3 is 0 Å². The van der Waals surface area contributed by atoms with Crippen LogP contribution in [0.4, 0.5) is 0 Å². The van der Waals surface area contributed by atoms with Gasteiger partial charge in [-0.25, -0.2) is 4.98 Å². The van der Waals surface area contributed by atoms with Gasteiger partial charge in [0.05, 0.1) is 11.0 Å². The van der Waals surface area contributed by atoms with Crippen molar-refractivity contribution in [2.24, 2.45) is 0 Å². The summed E-state index contributed by atoms with van der Waals surface area (Å²) in [4.78, 5) is 13.4. The van der Waals surface area contributed by atoms with E-state index in [0.717, 1.165) is 22.7 Å². The first kappa shape index (κ1) is 13.0.